The Morgan fingerprint density at radius 3 is 1.61 bits per heavy atom. The lowest BCUT2D eigenvalue weighted by Gasteiger charge is -2.32. The number of nitrogens with zero attached hydrogens (tertiary/aromatic N) is 2. The SMILES string of the molecule is CCOCCOC(=O)Cl.CCOCCOC(=O)OC1=C(c2nc(-c3ccccc3)sc2C)C(=O)NC(C)(C)C1.Cc1sc(-c2ccccc2)nc1C1=C(O)CC(C)(C)NC1=O. The Labute approximate surface area is 369 Å². The number of hydrogen-bond donors (Lipinski definition) is 3. The van der Waals surface area contributed by atoms with Crippen molar-refractivity contribution in [3.05, 3.63) is 93.3 Å². The number of carbonyl (C=O) groups is 4. The van der Waals surface area contributed by atoms with E-state index in [1.807, 2.05) is 116 Å². The van der Waals surface area contributed by atoms with Crippen molar-refractivity contribution in [1.29, 1.82) is 0 Å². The van der Waals surface area contributed by atoms with Gasteiger partial charge in [0, 0.05) is 69.6 Å². The first-order chi connectivity index (χ1) is 28.9. The van der Waals surface area contributed by atoms with Crippen LogP contribution >= 0.6 is 34.3 Å². The molecular formula is C44H53ClN4O10S2. The lowest BCUT2D eigenvalue weighted by molar-refractivity contribution is -0.118. The second kappa shape index (κ2) is 22.6. The minimum absolute atomic E-state index is 0.0821. The van der Waals surface area contributed by atoms with Crippen molar-refractivity contribution in [2.75, 3.05) is 39.6 Å². The van der Waals surface area contributed by atoms with Gasteiger partial charge in [0.1, 0.15) is 45.9 Å². The monoisotopic (exact) mass is 896 g/mol. The van der Waals surface area contributed by atoms with Crippen LogP contribution in [0.15, 0.2) is 72.2 Å². The summed E-state index contributed by atoms with van der Waals surface area (Å²) in [5.41, 5.74) is 1.87. The fourth-order valence-electron chi connectivity index (χ4n) is 6.10. The minimum Gasteiger partial charge on any atom is -0.511 e. The molecule has 0 spiro atoms. The summed E-state index contributed by atoms with van der Waals surface area (Å²) >= 11 is 7.86. The molecule has 3 N–H and O–H groups in total. The molecule has 2 aliphatic rings. The standard InChI is InChI=1S/C22H26N2O5S.C17H18N2O2S.C5H9ClO3/c1-5-27-11-12-28-21(26)29-16-13-22(3,4)24-19(25)17(16)18-14(2)30-20(23-18)15-9-7-6-8-10-15;1-10-14(13-12(20)9-17(2,3)19-15(13)21)18-16(22-10)11-7-5-4-6-8-11;1-2-8-3-4-9-5(6)7/h6-10H,5,11-13H2,1-4H3,(H,24,25);4-8,20H,9H2,1-3H3,(H,19,21);2-4H2,1H3. The molecule has 6 rings (SSSR count). The first-order valence-electron chi connectivity index (χ1n) is 19.6. The molecule has 0 saturated carbocycles. The summed E-state index contributed by atoms with van der Waals surface area (Å²) in [4.78, 5) is 58.5. The van der Waals surface area contributed by atoms with Crippen LogP contribution in [-0.2, 0) is 33.3 Å². The van der Waals surface area contributed by atoms with E-state index in [2.05, 4.69) is 20.4 Å². The Morgan fingerprint density at radius 1 is 0.705 bits per heavy atom. The van der Waals surface area contributed by atoms with Gasteiger partial charge in [-0.1, -0.05) is 60.7 Å². The predicted octanol–water partition coefficient (Wildman–Crippen LogP) is 9.40. The van der Waals surface area contributed by atoms with Gasteiger partial charge in [0.15, 0.2) is 0 Å². The maximum Gasteiger partial charge on any atom is 0.513 e. The molecule has 328 valence electrons. The van der Waals surface area contributed by atoms with Gasteiger partial charge in [0.2, 0.25) is 0 Å². The zero-order chi connectivity index (χ0) is 44.7. The van der Waals surface area contributed by atoms with Crippen LogP contribution < -0.4 is 10.6 Å². The molecule has 2 aromatic carbocycles. The second-order valence-electron chi connectivity index (χ2n) is 14.9. The number of aliphatic hydroxyl groups is 1. The van der Waals surface area contributed by atoms with Gasteiger partial charge in [-0.3, -0.25) is 9.59 Å². The lowest BCUT2D eigenvalue weighted by atomic mass is 9.91. The van der Waals surface area contributed by atoms with E-state index in [0.717, 1.165) is 30.9 Å². The summed E-state index contributed by atoms with van der Waals surface area (Å²) in [6.07, 6.45) is -0.110. The highest BCUT2D eigenvalue weighted by molar-refractivity contribution is 7.15. The summed E-state index contributed by atoms with van der Waals surface area (Å²) < 4.78 is 24.9. The molecule has 0 saturated heterocycles. The van der Waals surface area contributed by atoms with Gasteiger partial charge in [0.25, 0.3) is 11.8 Å². The van der Waals surface area contributed by atoms with Gasteiger partial charge >= 0.3 is 11.6 Å². The third kappa shape index (κ3) is 14.5. The van der Waals surface area contributed by atoms with Crippen LogP contribution in [0.2, 0.25) is 0 Å². The maximum absolute atomic E-state index is 12.9. The van der Waals surface area contributed by atoms with Crippen molar-refractivity contribution in [3.8, 4) is 21.1 Å². The normalized spacial score (nSPS) is 15.4. The lowest BCUT2D eigenvalue weighted by Crippen LogP contribution is -2.48. The Kier molecular flexibility index (Phi) is 18.0. The highest BCUT2D eigenvalue weighted by Gasteiger charge is 2.38. The summed E-state index contributed by atoms with van der Waals surface area (Å²) in [7, 11) is 0. The fourth-order valence-corrected chi connectivity index (χ4v) is 8.03. The number of carbonyl (C=O) groups excluding carboxylic acids is 4. The molecule has 17 heteroatoms. The van der Waals surface area contributed by atoms with E-state index in [9.17, 15) is 24.3 Å². The number of hydrogen-bond acceptors (Lipinski definition) is 14. The van der Waals surface area contributed by atoms with Crippen molar-refractivity contribution in [2.24, 2.45) is 0 Å². The summed E-state index contributed by atoms with van der Waals surface area (Å²) in [6.45, 7) is 17.2. The number of amides is 2. The first kappa shape index (κ1) is 48.5. The molecule has 0 fully saturated rings. The molecule has 14 nitrogen and oxygen atoms in total. The zero-order valence-corrected chi connectivity index (χ0v) is 38.0. The van der Waals surface area contributed by atoms with Crippen molar-refractivity contribution in [1.82, 2.24) is 20.6 Å². The highest BCUT2D eigenvalue weighted by atomic mass is 35.5. The topological polar surface area (TPSA) is 184 Å². The number of benzene rings is 2. The molecule has 2 aromatic heterocycles. The molecule has 4 heterocycles. The molecule has 0 atom stereocenters. The third-order valence-corrected chi connectivity index (χ3v) is 10.9. The van der Waals surface area contributed by atoms with Gasteiger partial charge < -0.3 is 39.4 Å². The maximum atomic E-state index is 12.9. The summed E-state index contributed by atoms with van der Waals surface area (Å²) in [5, 5.41) is 17.8. The van der Waals surface area contributed by atoms with E-state index in [-0.39, 0.29) is 48.7 Å². The van der Waals surface area contributed by atoms with Crippen LogP contribution in [-0.4, -0.2) is 89.2 Å². The number of aryl methyl sites for hydroxylation is 2. The number of nitrogens with one attached hydrogen (secondary N) is 2. The Morgan fingerprint density at radius 2 is 1.15 bits per heavy atom. The van der Waals surface area contributed by atoms with Crippen molar-refractivity contribution >= 4 is 68.8 Å². The predicted molar refractivity (Wildman–Crippen MR) is 237 cm³/mol. The summed E-state index contributed by atoms with van der Waals surface area (Å²) in [6, 6.07) is 19.6. The average Bonchev–Trinajstić information content (AvgIpc) is 3.76. The molecule has 61 heavy (non-hydrogen) atoms. The number of ether oxygens (including phenoxy) is 5. The molecule has 2 aliphatic heterocycles. The number of halogens is 1. The van der Waals surface area contributed by atoms with E-state index in [1.165, 1.54) is 22.7 Å². The molecule has 2 amide bonds. The van der Waals surface area contributed by atoms with Crippen molar-refractivity contribution in [2.45, 2.75) is 79.3 Å². The van der Waals surface area contributed by atoms with Gasteiger partial charge in [-0.2, -0.15) is 0 Å². The van der Waals surface area contributed by atoms with E-state index < -0.39 is 22.7 Å². The number of thiazole rings is 2. The molecule has 0 bridgehead atoms. The zero-order valence-electron chi connectivity index (χ0n) is 35.6. The largest absolute Gasteiger partial charge is 0.513 e. The summed E-state index contributed by atoms with van der Waals surface area (Å²) in [5.74, 6) is -0.210. The van der Waals surface area contributed by atoms with Crippen LogP contribution in [0.25, 0.3) is 32.3 Å². The fraction of sp³-hybridized carbons (Fsp3) is 0.409. The number of aromatic nitrogens is 2. The Bertz CT molecular complexity index is 2200. The molecule has 0 aliphatic carbocycles. The molecule has 4 aromatic rings. The highest BCUT2D eigenvalue weighted by Crippen LogP contribution is 2.38. The van der Waals surface area contributed by atoms with E-state index in [4.69, 9.17) is 35.5 Å². The van der Waals surface area contributed by atoms with Crippen LogP contribution in [0.5, 0.6) is 0 Å². The average molecular weight is 898 g/mol. The van der Waals surface area contributed by atoms with Crippen LogP contribution in [0.3, 0.4) is 0 Å². The number of rotatable bonds is 13. The van der Waals surface area contributed by atoms with Gasteiger partial charge in [0.05, 0.1) is 24.6 Å². The second-order valence-corrected chi connectivity index (χ2v) is 17.6. The number of aliphatic hydroxyl groups excluding tert-OH is 1. The van der Waals surface area contributed by atoms with E-state index in [1.54, 1.807) is 0 Å². The Balaban J connectivity index is 0.000000231. The smallest absolute Gasteiger partial charge is 0.511 e. The third-order valence-electron chi connectivity index (χ3n) is 8.75. The van der Waals surface area contributed by atoms with Crippen LogP contribution in [0, 0.1) is 13.8 Å². The van der Waals surface area contributed by atoms with Crippen molar-refractivity contribution in [3.63, 3.8) is 0 Å². The molecule has 0 radical (unpaired) electrons. The van der Waals surface area contributed by atoms with Gasteiger partial charge in [-0.25, -0.2) is 19.6 Å². The van der Waals surface area contributed by atoms with E-state index >= 15 is 0 Å². The van der Waals surface area contributed by atoms with Gasteiger partial charge in [-0.05, 0) is 55.4 Å². The molecular weight excluding hydrogens is 844 g/mol. The van der Waals surface area contributed by atoms with E-state index in [0.29, 0.717) is 49.6 Å². The van der Waals surface area contributed by atoms with Crippen LogP contribution in [0.1, 0.15) is 75.5 Å². The minimum atomic E-state index is -0.858. The van der Waals surface area contributed by atoms with Crippen LogP contribution in [0.4, 0.5) is 9.59 Å². The van der Waals surface area contributed by atoms with Gasteiger partial charge in [-0.15, -0.1) is 22.7 Å². The van der Waals surface area contributed by atoms with Crippen molar-refractivity contribution < 1.29 is 48.0 Å². The first-order valence-corrected chi connectivity index (χ1v) is 21.6. The molecule has 0 unspecified atom stereocenters. The Hall–Kier alpha value is -5.13. The quantitative estimate of drug-likeness (QED) is 0.0657.